The Morgan fingerprint density at radius 1 is 0.606 bits per heavy atom. The van der Waals surface area contributed by atoms with Crippen molar-refractivity contribution in [3.05, 3.63) is 0 Å². The van der Waals surface area contributed by atoms with Crippen molar-refractivity contribution >= 4 is 27.8 Å². The third-order valence-corrected chi connectivity index (χ3v) is 13.6. The minimum atomic E-state index is -5.75. The Kier molecular flexibility index (Phi) is 16.6. The van der Waals surface area contributed by atoms with Crippen LogP contribution in [0.15, 0.2) is 0 Å². The number of carbonyl (C=O) groups excluding carboxylic acids is 6. The van der Waals surface area contributed by atoms with Crippen LogP contribution < -0.4 is 0 Å². The van der Waals surface area contributed by atoms with E-state index >= 15 is 0 Å². The fraction of sp³-hybridized carbons (Fsp3) is 0.727. The molecule has 11 heteroatoms. The van der Waals surface area contributed by atoms with Crippen LogP contribution in [0.3, 0.4) is 0 Å². The molecule has 0 aliphatic rings. The van der Waals surface area contributed by atoms with Crippen molar-refractivity contribution < 1.29 is 66.5 Å². The van der Waals surface area contributed by atoms with Crippen molar-refractivity contribution in [2.45, 2.75) is 66.4 Å². The van der Waals surface area contributed by atoms with Gasteiger partial charge in [-0.25, -0.2) is 0 Å². The van der Waals surface area contributed by atoms with Crippen molar-refractivity contribution in [1.82, 2.24) is 0 Å². The first-order chi connectivity index (χ1) is 15.6. The molecule has 0 bridgehead atoms. The Balaban J connectivity index is 6.17. The standard InChI is InChI=1S/3C6H9O3.C4H9O.Zr/c3*1-2-9-5-6(8)3-4-7;1-3-4(2)5;/h3*2-3,5H2,1H3;4H,3H2,1-2H3;/q;;;-1;+1. The molecule has 10 nitrogen and oxygen atoms in total. The quantitative estimate of drug-likeness (QED) is 0.193. The maximum atomic E-state index is 13.3. The van der Waals surface area contributed by atoms with Gasteiger partial charge in [0.2, 0.25) is 0 Å². The molecule has 0 fully saturated rings. The Morgan fingerprint density at radius 2 is 0.909 bits per heavy atom. The summed E-state index contributed by atoms with van der Waals surface area (Å²) in [4.78, 5) is 76.7. The number of carbonyl (C=O) groups is 6. The molecule has 0 spiro atoms. The van der Waals surface area contributed by atoms with Gasteiger partial charge in [0.25, 0.3) is 0 Å². The van der Waals surface area contributed by atoms with E-state index in [0.717, 1.165) is 0 Å². The first-order valence-electron chi connectivity index (χ1n) is 11.1. The molecule has 0 saturated carbocycles. The third-order valence-electron chi connectivity index (χ3n) is 4.61. The van der Waals surface area contributed by atoms with Crippen LogP contribution in [0, 0.1) is 0 Å². The molecule has 0 aromatic carbocycles. The van der Waals surface area contributed by atoms with E-state index in [1.54, 1.807) is 34.6 Å². The molecule has 0 aliphatic carbocycles. The van der Waals surface area contributed by atoms with Gasteiger partial charge in [-0.1, -0.05) is 0 Å². The number of rotatable bonds is 21. The molecule has 0 heterocycles. The number of Topliss-reactive ketones (excluding diaryl/α,β-unsaturated/α-hetero) is 3. The SMILES string of the molecule is CCOCC(=O)C[C](=O)[Zr]([O]C(C)CC)([C](=O)CC(=O)COCC)[C](=O)CC(=O)COCC. The molecule has 0 rings (SSSR count). The van der Waals surface area contributed by atoms with Gasteiger partial charge >= 0.3 is 200 Å². The summed E-state index contributed by atoms with van der Waals surface area (Å²) in [5.74, 6) is -1.84. The van der Waals surface area contributed by atoms with Gasteiger partial charge < -0.3 is 0 Å². The van der Waals surface area contributed by atoms with E-state index in [1.807, 2.05) is 0 Å². The molecular formula is C22H36O10Zr. The molecule has 0 saturated heterocycles. The van der Waals surface area contributed by atoms with E-state index in [9.17, 15) is 28.8 Å². The summed E-state index contributed by atoms with van der Waals surface area (Å²) < 4.78 is 18.2. The van der Waals surface area contributed by atoms with Gasteiger partial charge in [0, 0.05) is 0 Å². The Hall–Kier alpha value is -1.26. The van der Waals surface area contributed by atoms with Crippen molar-refractivity contribution in [1.29, 1.82) is 0 Å². The maximum absolute atomic E-state index is 13.3. The average molecular weight is 552 g/mol. The summed E-state index contributed by atoms with van der Waals surface area (Å²) in [5.41, 5.74) is 0. The first kappa shape index (κ1) is 31.7. The molecule has 188 valence electrons. The monoisotopic (exact) mass is 550 g/mol. The molecule has 0 radical (unpaired) electrons. The van der Waals surface area contributed by atoms with Gasteiger partial charge in [-0.2, -0.15) is 0 Å². The van der Waals surface area contributed by atoms with Crippen molar-refractivity contribution in [2.24, 2.45) is 0 Å². The van der Waals surface area contributed by atoms with E-state index < -0.39 is 73.9 Å². The molecule has 0 aromatic rings. The summed E-state index contributed by atoms with van der Waals surface area (Å²) in [6.45, 7) is 8.00. The minimum absolute atomic E-state index is 0.243. The van der Waals surface area contributed by atoms with Crippen molar-refractivity contribution in [3.63, 3.8) is 0 Å². The summed E-state index contributed by atoms with van der Waals surface area (Å²) in [6.07, 6.45) is -2.49. The fourth-order valence-corrected chi connectivity index (χ4v) is 11.2. The summed E-state index contributed by atoms with van der Waals surface area (Å²) in [5, 5.41) is 0. The Bertz CT molecular complexity index is 620. The van der Waals surface area contributed by atoms with Crippen LogP contribution in [0.2, 0.25) is 0 Å². The molecule has 0 aliphatic heterocycles. The first-order valence-corrected chi connectivity index (χ1v) is 15.8. The number of hydrogen-bond acceptors (Lipinski definition) is 10. The van der Waals surface area contributed by atoms with Gasteiger partial charge in [-0.3, -0.25) is 0 Å². The predicted octanol–water partition coefficient (Wildman–Crippen LogP) is 1.44. The second-order valence-corrected chi connectivity index (χ2v) is 15.4. The van der Waals surface area contributed by atoms with E-state index in [0.29, 0.717) is 6.42 Å². The second-order valence-electron chi connectivity index (χ2n) is 7.35. The van der Waals surface area contributed by atoms with Crippen LogP contribution in [0.25, 0.3) is 0 Å². The van der Waals surface area contributed by atoms with E-state index in [2.05, 4.69) is 0 Å². The Labute approximate surface area is 200 Å². The molecule has 33 heavy (non-hydrogen) atoms. The summed E-state index contributed by atoms with van der Waals surface area (Å²) in [6, 6.07) is 0. The van der Waals surface area contributed by atoms with Gasteiger partial charge in [-0.15, -0.1) is 0 Å². The molecule has 0 N–H and O–H groups in total. The molecule has 0 aromatic heterocycles. The third kappa shape index (κ3) is 11.1. The van der Waals surface area contributed by atoms with Crippen LogP contribution in [-0.4, -0.2) is 73.6 Å². The number of ketones is 3. The summed E-state index contributed by atoms with van der Waals surface area (Å²) >= 11 is -5.75. The zero-order valence-electron chi connectivity index (χ0n) is 20.2. The molecule has 1 atom stereocenters. The average Bonchev–Trinajstić information content (AvgIpc) is 2.77. The van der Waals surface area contributed by atoms with Crippen LogP contribution in [-0.2, 0) is 66.5 Å². The normalized spacial score (nSPS) is 12.3. The van der Waals surface area contributed by atoms with Crippen LogP contribution in [0.4, 0.5) is 0 Å². The van der Waals surface area contributed by atoms with Crippen LogP contribution in [0.5, 0.6) is 0 Å². The fourth-order valence-electron chi connectivity index (χ4n) is 2.76. The summed E-state index contributed by atoms with van der Waals surface area (Å²) in [7, 11) is 0. The van der Waals surface area contributed by atoms with E-state index in [4.69, 9.17) is 17.0 Å². The van der Waals surface area contributed by atoms with Crippen LogP contribution >= 0.6 is 0 Å². The van der Waals surface area contributed by atoms with E-state index in [1.165, 1.54) is 0 Å². The van der Waals surface area contributed by atoms with Gasteiger partial charge in [0.05, 0.1) is 0 Å². The molecular weight excluding hydrogens is 515 g/mol. The topological polar surface area (TPSA) is 139 Å². The Morgan fingerprint density at radius 3 is 1.15 bits per heavy atom. The number of ether oxygens (including phenoxy) is 3. The van der Waals surface area contributed by atoms with Gasteiger partial charge in [0.1, 0.15) is 0 Å². The predicted molar refractivity (Wildman–Crippen MR) is 114 cm³/mol. The second kappa shape index (κ2) is 17.2. The van der Waals surface area contributed by atoms with Crippen molar-refractivity contribution in [2.75, 3.05) is 39.6 Å². The van der Waals surface area contributed by atoms with Crippen molar-refractivity contribution in [3.8, 4) is 0 Å². The zero-order chi connectivity index (χ0) is 25.4. The molecule has 1 unspecified atom stereocenters. The zero-order valence-corrected chi connectivity index (χ0v) is 22.7. The van der Waals surface area contributed by atoms with Gasteiger partial charge in [-0.05, 0) is 0 Å². The van der Waals surface area contributed by atoms with Gasteiger partial charge in [0.15, 0.2) is 0 Å². The van der Waals surface area contributed by atoms with E-state index in [-0.39, 0.29) is 39.6 Å². The number of hydrogen-bond donors (Lipinski definition) is 0. The molecule has 0 amide bonds. The van der Waals surface area contributed by atoms with Crippen LogP contribution in [0.1, 0.15) is 60.3 Å².